The predicted molar refractivity (Wildman–Crippen MR) is 101 cm³/mol. The third-order valence-corrected chi connectivity index (χ3v) is 5.20. The maximum absolute atomic E-state index is 12.4. The molecule has 134 valence electrons. The van der Waals surface area contributed by atoms with Crippen LogP contribution in [-0.2, 0) is 11.3 Å². The lowest BCUT2D eigenvalue weighted by molar-refractivity contribution is 0.00401. The van der Waals surface area contributed by atoms with Crippen LogP contribution in [0.4, 0.5) is 5.69 Å². The lowest BCUT2D eigenvalue weighted by Gasteiger charge is -2.22. The van der Waals surface area contributed by atoms with Crippen LogP contribution in [0.25, 0.3) is 10.6 Å². The van der Waals surface area contributed by atoms with Gasteiger partial charge in [0, 0.05) is 23.7 Å². The molecule has 1 amide bonds. The van der Waals surface area contributed by atoms with Gasteiger partial charge >= 0.3 is 0 Å². The molecule has 4 rings (SSSR count). The van der Waals surface area contributed by atoms with E-state index in [1.165, 1.54) is 17.8 Å². The van der Waals surface area contributed by atoms with Crippen LogP contribution in [0.1, 0.15) is 29.8 Å². The minimum absolute atomic E-state index is 0.208. The van der Waals surface area contributed by atoms with E-state index in [-0.39, 0.29) is 12.0 Å². The highest BCUT2D eigenvalue weighted by atomic mass is 32.1. The number of nitrogens with zero attached hydrogens (tertiary/aromatic N) is 3. The monoisotopic (exact) mass is 368 g/mol. The van der Waals surface area contributed by atoms with Crippen molar-refractivity contribution in [3.05, 3.63) is 53.8 Å². The molecule has 2 aromatic heterocycles. The first-order valence-electron chi connectivity index (χ1n) is 8.74. The SMILES string of the molecule is O=C(Nc1cnn(CC2CCCCO2)c1)c1csc(-c2ccccc2)n1. The standard InChI is InChI=1S/C19H20N4O2S/c24-18(17-13-26-19(22-17)14-6-2-1-3-7-14)21-15-10-20-23(11-15)12-16-8-4-5-9-25-16/h1-3,6-7,10-11,13,16H,4-5,8-9,12H2,(H,21,24). The Morgan fingerprint density at radius 3 is 3.00 bits per heavy atom. The van der Waals surface area contributed by atoms with E-state index in [2.05, 4.69) is 15.4 Å². The van der Waals surface area contributed by atoms with Crippen molar-refractivity contribution in [3.8, 4) is 10.6 Å². The highest BCUT2D eigenvalue weighted by Gasteiger charge is 2.16. The second-order valence-electron chi connectivity index (χ2n) is 6.30. The molecule has 1 fully saturated rings. The third-order valence-electron chi connectivity index (χ3n) is 4.31. The predicted octanol–water partition coefficient (Wildman–Crippen LogP) is 3.83. The van der Waals surface area contributed by atoms with Gasteiger partial charge in [0.1, 0.15) is 10.7 Å². The zero-order chi connectivity index (χ0) is 17.8. The molecule has 1 aliphatic heterocycles. The van der Waals surface area contributed by atoms with Crippen molar-refractivity contribution in [1.29, 1.82) is 0 Å². The van der Waals surface area contributed by atoms with Gasteiger partial charge in [-0.3, -0.25) is 9.48 Å². The number of carbonyl (C=O) groups excluding carboxylic acids is 1. The summed E-state index contributed by atoms with van der Waals surface area (Å²) in [5.74, 6) is -0.225. The van der Waals surface area contributed by atoms with Gasteiger partial charge in [0.25, 0.3) is 5.91 Å². The molecule has 0 saturated carbocycles. The Hall–Kier alpha value is -2.51. The summed E-state index contributed by atoms with van der Waals surface area (Å²) in [7, 11) is 0. The van der Waals surface area contributed by atoms with Crippen molar-refractivity contribution in [2.75, 3.05) is 11.9 Å². The molecule has 1 unspecified atom stereocenters. The van der Waals surface area contributed by atoms with Crippen LogP contribution < -0.4 is 5.32 Å². The van der Waals surface area contributed by atoms with E-state index >= 15 is 0 Å². The molecule has 3 heterocycles. The van der Waals surface area contributed by atoms with Crippen molar-refractivity contribution in [2.24, 2.45) is 0 Å². The lowest BCUT2D eigenvalue weighted by atomic mass is 10.1. The topological polar surface area (TPSA) is 69.0 Å². The van der Waals surface area contributed by atoms with Crippen LogP contribution >= 0.6 is 11.3 Å². The van der Waals surface area contributed by atoms with Crippen molar-refractivity contribution < 1.29 is 9.53 Å². The summed E-state index contributed by atoms with van der Waals surface area (Å²) in [5, 5.41) is 9.79. The Labute approximate surface area is 155 Å². The highest BCUT2D eigenvalue weighted by molar-refractivity contribution is 7.13. The van der Waals surface area contributed by atoms with Gasteiger partial charge in [-0.25, -0.2) is 4.98 Å². The fourth-order valence-corrected chi connectivity index (χ4v) is 3.78. The normalized spacial score (nSPS) is 17.2. The van der Waals surface area contributed by atoms with Gasteiger partial charge in [-0.1, -0.05) is 30.3 Å². The minimum Gasteiger partial charge on any atom is -0.376 e. The van der Waals surface area contributed by atoms with E-state index in [1.807, 2.05) is 41.2 Å². The number of nitrogens with one attached hydrogen (secondary N) is 1. The molecule has 1 aromatic carbocycles. The number of benzene rings is 1. The second-order valence-corrected chi connectivity index (χ2v) is 7.16. The van der Waals surface area contributed by atoms with Crippen molar-refractivity contribution in [1.82, 2.24) is 14.8 Å². The van der Waals surface area contributed by atoms with Gasteiger partial charge in [-0.2, -0.15) is 5.10 Å². The minimum atomic E-state index is -0.225. The summed E-state index contributed by atoms with van der Waals surface area (Å²) < 4.78 is 7.55. The molecule has 1 saturated heterocycles. The zero-order valence-corrected chi connectivity index (χ0v) is 15.1. The first-order valence-corrected chi connectivity index (χ1v) is 9.62. The maximum Gasteiger partial charge on any atom is 0.275 e. The van der Waals surface area contributed by atoms with E-state index in [4.69, 9.17) is 4.74 Å². The Bertz CT molecular complexity index is 869. The largest absolute Gasteiger partial charge is 0.376 e. The molecule has 0 bridgehead atoms. The zero-order valence-electron chi connectivity index (χ0n) is 14.3. The molecular weight excluding hydrogens is 348 g/mol. The number of amides is 1. The number of rotatable bonds is 5. The average Bonchev–Trinajstić information content (AvgIpc) is 3.33. The number of ether oxygens (including phenoxy) is 1. The van der Waals surface area contributed by atoms with Crippen molar-refractivity contribution in [2.45, 2.75) is 31.9 Å². The van der Waals surface area contributed by atoms with Gasteiger partial charge in [-0.15, -0.1) is 11.3 Å². The van der Waals surface area contributed by atoms with Crippen LogP contribution in [-0.4, -0.2) is 33.4 Å². The van der Waals surface area contributed by atoms with Gasteiger partial charge in [0.2, 0.25) is 0 Å². The Morgan fingerprint density at radius 2 is 2.19 bits per heavy atom. The Morgan fingerprint density at radius 1 is 1.31 bits per heavy atom. The van der Waals surface area contributed by atoms with Crippen LogP contribution in [0, 0.1) is 0 Å². The van der Waals surface area contributed by atoms with Gasteiger partial charge in [0.05, 0.1) is 24.5 Å². The molecule has 0 radical (unpaired) electrons. The van der Waals surface area contributed by atoms with Crippen molar-refractivity contribution in [3.63, 3.8) is 0 Å². The molecule has 6 nitrogen and oxygen atoms in total. The van der Waals surface area contributed by atoms with Gasteiger partial charge in [0.15, 0.2) is 0 Å². The fourth-order valence-electron chi connectivity index (χ4n) is 2.97. The van der Waals surface area contributed by atoms with Gasteiger partial charge < -0.3 is 10.1 Å². The van der Waals surface area contributed by atoms with E-state index in [1.54, 1.807) is 11.6 Å². The van der Waals surface area contributed by atoms with Crippen LogP contribution in [0.3, 0.4) is 0 Å². The fraction of sp³-hybridized carbons (Fsp3) is 0.316. The average molecular weight is 368 g/mol. The molecule has 7 heteroatoms. The summed E-state index contributed by atoms with van der Waals surface area (Å²) in [6.45, 7) is 1.54. The van der Waals surface area contributed by atoms with Crippen LogP contribution in [0.5, 0.6) is 0 Å². The first-order chi connectivity index (χ1) is 12.8. The molecule has 26 heavy (non-hydrogen) atoms. The third kappa shape index (κ3) is 4.00. The number of carbonyl (C=O) groups is 1. The molecule has 1 N–H and O–H groups in total. The molecule has 0 aliphatic carbocycles. The van der Waals surface area contributed by atoms with E-state index in [9.17, 15) is 4.79 Å². The molecular formula is C19H20N4O2S. The summed E-state index contributed by atoms with van der Waals surface area (Å²) in [4.78, 5) is 16.9. The first kappa shape index (κ1) is 16.9. The van der Waals surface area contributed by atoms with Gasteiger partial charge in [-0.05, 0) is 19.3 Å². The highest BCUT2D eigenvalue weighted by Crippen LogP contribution is 2.23. The van der Waals surface area contributed by atoms with E-state index < -0.39 is 0 Å². The maximum atomic E-state index is 12.4. The molecule has 3 aromatic rings. The summed E-state index contributed by atoms with van der Waals surface area (Å²) in [5.41, 5.74) is 2.09. The molecule has 1 aliphatic rings. The molecule has 0 spiro atoms. The number of hydrogen-bond acceptors (Lipinski definition) is 5. The second kappa shape index (κ2) is 7.80. The Kier molecular flexibility index (Phi) is 5.08. The lowest BCUT2D eigenvalue weighted by Crippen LogP contribution is -2.24. The summed E-state index contributed by atoms with van der Waals surface area (Å²) in [6.07, 6.45) is 7.09. The quantitative estimate of drug-likeness (QED) is 0.743. The van der Waals surface area contributed by atoms with Crippen LogP contribution in [0.2, 0.25) is 0 Å². The van der Waals surface area contributed by atoms with E-state index in [0.29, 0.717) is 17.9 Å². The number of hydrogen-bond donors (Lipinski definition) is 1. The number of aromatic nitrogens is 3. The number of anilines is 1. The van der Waals surface area contributed by atoms with Crippen LogP contribution in [0.15, 0.2) is 48.1 Å². The Balaban J connectivity index is 1.38. The smallest absolute Gasteiger partial charge is 0.275 e. The summed E-state index contributed by atoms with van der Waals surface area (Å²) >= 11 is 1.46. The van der Waals surface area contributed by atoms with E-state index in [0.717, 1.165) is 30.0 Å². The summed E-state index contributed by atoms with van der Waals surface area (Å²) in [6, 6.07) is 9.85. The van der Waals surface area contributed by atoms with Crippen molar-refractivity contribution >= 4 is 22.9 Å². The molecule has 1 atom stereocenters. The number of thiazole rings is 1.